The van der Waals surface area contributed by atoms with Crippen LogP contribution in [0.4, 0.5) is 0 Å². The molecule has 0 unspecified atom stereocenters. The summed E-state index contributed by atoms with van der Waals surface area (Å²) in [7, 11) is 0. The number of hydrogen-bond donors (Lipinski definition) is 1. The number of nitrogens with zero attached hydrogens (tertiary/aromatic N) is 4. The third-order valence-corrected chi connectivity index (χ3v) is 6.47. The van der Waals surface area contributed by atoms with Gasteiger partial charge in [-0.3, -0.25) is 9.36 Å². The van der Waals surface area contributed by atoms with Crippen LogP contribution in [0, 0.1) is 6.92 Å². The van der Waals surface area contributed by atoms with Gasteiger partial charge in [-0.2, -0.15) is 0 Å². The predicted octanol–water partition coefficient (Wildman–Crippen LogP) is 4.91. The van der Waals surface area contributed by atoms with E-state index in [9.17, 15) is 4.79 Å². The maximum Gasteiger partial charge on any atom is 0.271 e. The summed E-state index contributed by atoms with van der Waals surface area (Å²) in [5.41, 5.74) is 2.39. The van der Waals surface area contributed by atoms with Crippen molar-refractivity contribution in [1.29, 1.82) is 0 Å². The van der Waals surface area contributed by atoms with Crippen molar-refractivity contribution in [3.63, 3.8) is 0 Å². The van der Waals surface area contributed by atoms with E-state index in [-0.39, 0.29) is 5.91 Å². The summed E-state index contributed by atoms with van der Waals surface area (Å²) >= 11 is 9.11. The van der Waals surface area contributed by atoms with Gasteiger partial charge in [-0.15, -0.1) is 21.5 Å². The second-order valence-corrected chi connectivity index (χ2v) is 8.75. The van der Waals surface area contributed by atoms with Crippen molar-refractivity contribution < 1.29 is 4.79 Å². The first-order valence-corrected chi connectivity index (χ1v) is 11.4. The molecular formula is C21H18ClN5OS2. The highest BCUT2D eigenvalue weighted by Crippen LogP contribution is 2.27. The van der Waals surface area contributed by atoms with E-state index in [1.54, 1.807) is 5.38 Å². The number of carbonyl (C=O) groups excluding carboxylic acids is 1. The number of benzene rings is 2. The van der Waals surface area contributed by atoms with E-state index in [1.807, 2.05) is 66.1 Å². The molecule has 30 heavy (non-hydrogen) atoms. The van der Waals surface area contributed by atoms with Crippen molar-refractivity contribution in [2.45, 2.75) is 24.4 Å². The number of halogens is 1. The summed E-state index contributed by atoms with van der Waals surface area (Å²) in [6.45, 7) is 2.37. The van der Waals surface area contributed by atoms with Crippen molar-refractivity contribution in [2.24, 2.45) is 0 Å². The van der Waals surface area contributed by atoms with E-state index in [2.05, 4.69) is 20.5 Å². The van der Waals surface area contributed by atoms with Crippen LogP contribution in [0.5, 0.6) is 0 Å². The van der Waals surface area contributed by atoms with Gasteiger partial charge in [-0.05, 0) is 30.7 Å². The molecule has 1 N–H and O–H groups in total. The molecule has 6 nitrogen and oxygen atoms in total. The molecule has 9 heteroatoms. The van der Waals surface area contributed by atoms with Crippen molar-refractivity contribution in [3.05, 3.63) is 87.1 Å². The Kier molecular flexibility index (Phi) is 6.47. The molecule has 0 spiro atoms. The molecule has 4 rings (SSSR count). The number of thioether (sulfide) groups is 1. The SMILES string of the molecule is Cc1nnc(SCc2nc(C(=O)NCc3ccccc3)cs2)n1-c1cccc(Cl)c1. The van der Waals surface area contributed by atoms with Crippen LogP contribution in [-0.4, -0.2) is 25.7 Å². The van der Waals surface area contributed by atoms with Crippen molar-refractivity contribution in [2.75, 3.05) is 0 Å². The largest absolute Gasteiger partial charge is 0.347 e. The molecule has 2 heterocycles. The Morgan fingerprint density at radius 2 is 2.00 bits per heavy atom. The molecule has 0 saturated carbocycles. The highest BCUT2D eigenvalue weighted by Gasteiger charge is 2.15. The highest BCUT2D eigenvalue weighted by atomic mass is 35.5. The summed E-state index contributed by atoms with van der Waals surface area (Å²) in [4.78, 5) is 16.8. The predicted molar refractivity (Wildman–Crippen MR) is 120 cm³/mol. The highest BCUT2D eigenvalue weighted by molar-refractivity contribution is 7.98. The van der Waals surface area contributed by atoms with Gasteiger partial charge in [0.25, 0.3) is 5.91 Å². The molecule has 1 amide bonds. The van der Waals surface area contributed by atoms with E-state index < -0.39 is 0 Å². The van der Waals surface area contributed by atoms with Gasteiger partial charge >= 0.3 is 0 Å². The summed E-state index contributed by atoms with van der Waals surface area (Å²) in [6.07, 6.45) is 0. The molecule has 0 bridgehead atoms. The van der Waals surface area contributed by atoms with Crippen LogP contribution in [0.1, 0.15) is 26.9 Å². The molecule has 0 aliphatic rings. The third kappa shape index (κ3) is 4.89. The van der Waals surface area contributed by atoms with Crippen molar-refractivity contribution >= 4 is 40.6 Å². The number of nitrogens with one attached hydrogen (secondary N) is 1. The average Bonchev–Trinajstić information content (AvgIpc) is 3.38. The second-order valence-electron chi connectivity index (χ2n) is 6.43. The molecule has 0 atom stereocenters. The van der Waals surface area contributed by atoms with Gasteiger partial charge in [0.2, 0.25) is 0 Å². The lowest BCUT2D eigenvalue weighted by Crippen LogP contribution is -2.23. The van der Waals surface area contributed by atoms with Crippen LogP contribution in [0.25, 0.3) is 5.69 Å². The topological polar surface area (TPSA) is 72.7 Å². The summed E-state index contributed by atoms with van der Waals surface area (Å²) in [6, 6.07) is 17.4. The maximum atomic E-state index is 12.4. The Hall–Kier alpha value is -2.68. The zero-order chi connectivity index (χ0) is 20.9. The Labute approximate surface area is 187 Å². The van der Waals surface area contributed by atoms with Gasteiger partial charge in [-0.25, -0.2) is 4.98 Å². The monoisotopic (exact) mass is 455 g/mol. The minimum atomic E-state index is -0.177. The molecule has 0 saturated heterocycles. The first-order valence-electron chi connectivity index (χ1n) is 9.17. The minimum Gasteiger partial charge on any atom is -0.347 e. The molecule has 2 aromatic carbocycles. The van der Waals surface area contributed by atoms with Crippen molar-refractivity contribution in [1.82, 2.24) is 25.1 Å². The smallest absolute Gasteiger partial charge is 0.271 e. The number of thiazole rings is 1. The molecule has 4 aromatic rings. The lowest BCUT2D eigenvalue weighted by Gasteiger charge is -2.08. The third-order valence-electron chi connectivity index (χ3n) is 4.27. The molecule has 152 valence electrons. The van der Waals surface area contributed by atoms with Gasteiger partial charge in [0.05, 0.1) is 11.4 Å². The standard InChI is InChI=1S/C21H18ClN5OS2/c1-14-25-26-21(27(14)17-9-5-8-16(22)10-17)30-13-19-24-18(12-29-19)20(28)23-11-15-6-3-2-4-7-15/h2-10,12H,11,13H2,1H3,(H,23,28). The van der Waals surface area contributed by atoms with E-state index in [1.165, 1.54) is 23.1 Å². The quantitative estimate of drug-likeness (QED) is 0.401. The average molecular weight is 456 g/mol. The van der Waals surface area contributed by atoms with E-state index >= 15 is 0 Å². The number of aryl methyl sites for hydroxylation is 1. The fraction of sp³-hybridized carbons (Fsp3) is 0.143. The molecule has 0 radical (unpaired) electrons. The van der Waals surface area contributed by atoms with Gasteiger partial charge in [0.15, 0.2) is 5.16 Å². The molecule has 0 aliphatic heterocycles. The Bertz CT molecular complexity index is 1160. The number of carbonyl (C=O) groups is 1. The minimum absolute atomic E-state index is 0.177. The Morgan fingerprint density at radius 3 is 2.80 bits per heavy atom. The number of hydrogen-bond acceptors (Lipinski definition) is 6. The first kappa shape index (κ1) is 20.6. The molecule has 0 fully saturated rings. The summed E-state index contributed by atoms with van der Waals surface area (Å²) in [5, 5.41) is 15.4. The molecule has 2 aromatic heterocycles. The van der Waals surface area contributed by atoms with Crippen LogP contribution in [-0.2, 0) is 12.3 Å². The lowest BCUT2D eigenvalue weighted by atomic mass is 10.2. The normalized spacial score (nSPS) is 10.9. The molecule has 0 aliphatic carbocycles. The Balaban J connectivity index is 1.40. The van der Waals surface area contributed by atoms with Crippen LogP contribution in [0.15, 0.2) is 65.1 Å². The number of aromatic nitrogens is 4. The first-order chi connectivity index (χ1) is 14.6. The van der Waals surface area contributed by atoms with E-state index in [4.69, 9.17) is 11.6 Å². The lowest BCUT2D eigenvalue weighted by molar-refractivity contribution is 0.0946. The van der Waals surface area contributed by atoms with E-state index in [0.29, 0.717) is 23.0 Å². The maximum absolute atomic E-state index is 12.4. The summed E-state index contributed by atoms with van der Waals surface area (Å²) in [5.74, 6) is 1.19. The van der Waals surface area contributed by atoms with Crippen molar-refractivity contribution in [3.8, 4) is 5.69 Å². The number of rotatable bonds is 7. The van der Waals surface area contributed by atoms with Gasteiger partial charge in [0.1, 0.15) is 16.5 Å². The summed E-state index contributed by atoms with van der Waals surface area (Å²) < 4.78 is 1.96. The van der Waals surface area contributed by atoms with E-state index in [0.717, 1.165) is 27.2 Å². The zero-order valence-corrected chi connectivity index (χ0v) is 18.5. The van der Waals surface area contributed by atoms with Crippen LogP contribution < -0.4 is 5.32 Å². The van der Waals surface area contributed by atoms with Gasteiger partial charge in [0, 0.05) is 16.9 Å². The fourth-order valence-electron chi connectivity index (χ4n) is 2.83. The second kappa shape index (κ2) is 9.42. The van der Waals surface area contributed by atoms with Crippen LogP contribution >= 0.6 is 34.7 Å². The van der Waals surface area contributed by atoms with Gasteiger partial charge < -0.3 is 5.32 Å². The fourth-order valence-corrected chi connectivity index (χ4v) is 4.80. The van der Waals surface area contributed by atoms with Gasteiger partial charge in [-0.1, -0.05) is 59.8 Å². The van der Waals surface area contributed by atoms with Crippen LogP contribution in [0.3, 0.4) is 0 Å². The van der Waals surface area contributed by atoms with Crippen LogP contribution in [0.2, 0.25) is 5.02 Å². The Morgan fingerprint density at radius 1 is 1.17 bits per heavy atom. The zero-order valence-electron chi connectivity index (χ0n) is 16.1. The molecular weight excluding hydrogens is 438 g/mol. The number of amides is 1.